The topological polar surface area (TPSA) is 80.0 Å². The molecule has 4 aromatic rings. The van der Waals surface area contributed by atoms with Crippen molar-refractivity contribution in [1.82, 2.24) is 14.9 Å². The number of carbonyl (C=O) groups is 1. The summed E-state index contributed by atoms with van der Waals surface area (Å²) in [7, 11) is 3.42. The molecule has 0 aliphatic heterocycles. The lowest BCUT2D eigenvalue weighted by Gasteiger charge is -2.09. The summed E-state index contributed by atoms with van der Waals surface area (Å²) in [5.74, 6) is 0.497. The third kappa shape index (κ3) is 4.33. The van der Waals surface area contributed by atoms with E-state index in [9.17, 15) is 4.79 Å². The number of nitrogens with zero attached hydrogens (tertiary/aromatic N) is 2. The van der Waals surface area contributed by atoms with Crippen molar-refractivity contribution < 1.29 is 9.53 Å². The zero-order valence-electron chi connectivity index (χ0n) is 17.1. The highest BCUT2D eigenvalue weighted by atomic mass is 35.5. The van der Waals surface area contributed by atoms with Gasteiger partial charge in [0.2, 0.25) is 0 Å². The monoisotopic (exact) mass is 452 g/mol. The number of fused-ring (bicyclic) bond motifs is 1. The number of aryl methyl sites for hydroxylation is 1. The number of aromatic nitrogens is 2. The molecular formula is C23H21ClN4O2S. The third-order valence-corrected chi connectivity index (χ3v) is 6.35. The summed E-state index contributed by atoms with van der Waals surface area (Å²) >= 11 is 7.47. The number of rotatable bonds is 7. The van der Waals surface area contributed by atoms with Crippen LogP contribution in [0.3, 0.4) is 0 Å². The van der Waals surface area contributed by atoms with Crippen LogP contribution >= 0.6 is 22.9 Å². The minimum atomic E-state index is -0.242. The molecule has 0 spiro atoms. The Bertz CT molecular complexity index is 1260. The van der Waals surface area contributed by atoms with E-state index in [1.807, 2.05) is 55.6 Å². The molecule has 4 rings (SSSR count). The van der Waals surface area contributed by atoms with Gasteiger partial charge in [-0.3, -0.25) is 4.79 Å². The first-order valence-electron chi connectivity index (χ1n) is 9.64. The number of ether oxygens (including phenoxy) is 1. The van der Waals surface area contributed by atoms with Crippen molar-refractivity contribution in [2.75, 3.05) is 7.11 Å². The highest BCUT2D eigenvalue weighted by Gasteiger charge is 2.23. The van der Waals surface area contributed by atoms with Gasteiger partial charge in [-0.25, -0.2) is 4.98 Å². The first-order chi connectivity index (χ1) is 15.0. The second-order valence-corrected chi connectivity index (χ2v) is 8.58. The average molecular weight is 453 g/mol. The van der Waals surface area contributed by atoms with E-state index in [4.69, 9.17) is 26.7 Å². The third-order valence-electron chi connectivity index (χ3n) is 5.02. The number of amides is 1. The van der Waals surface area contributed by atoms with Crippen molar-refractivity contribution in [3.8, 4) is 5.75 Å². The van der Waals surface area contributed by atoms with Gasteiger partial charge in [0.05, 0.1) is 11.8 Å². The van der Waals surface area contributed by atoms with Crippen LogP contribution in [0.25, 0.3) is 10.3 Å². The quantitative estimate of drug-likeness (QED) is 0.395. The molecule has 0 bridgehead atoms. The zero-order valence-corrected chi connectivity index (χ0v) is 18.7. The Balaban J connectivity index is 1.58. The van der Waals surface area contributed by atoms with Crippen LogP contribution in [0.2, 0.25) is 5.02 Å². The lowest BCUT2D eigenvalue weighted by molar-refractivity contribution is 0.0943. The van der Waals surface area contributed by atoms with Crippen LogP contribution in [-0.2, 0) is 20.0 Å². The van der Waals surface area contributed by atoms with Crippen molar-refractivity contribution in [2.45, 2.75) is 13.0 Å². The van der Waals surface area contributed by atoms with Gasteiger partial charge < -0.3 is 20.0 Å². The van der Waals surface area contributed by atoms with Crippen molar-refractivity contribution in [1.29, 1.82) is 5.41 Å². The average Bonchev–Trinajstić information content (AvgIpc) is 3.30. The largest absolute Gasteiger partial charge is 0.497 e. The van der Waals surface area contributed by atoms with Gasteiger partial charge in [-0.1, -0.05) is 35.9 Å². The molecular weight excluding hydrogens is 432 g/mol. The summed E-state index contributed by atoms with van der Waals surface area (Å²) in [5, 5.41) is 12.5. The molecule has 1 amide bonds. The standard InChI is InChI=1S/C23H21ClN4O2S/c1-28-20(23(29)26-13-15-4-3-5-17(10-15)30-2)18(12-25)21-22(28)27-19(31-21)11-14-6-8-16(24)9-7-14/h3-10,12,25H,11,13H2,1-2H3,(H,26,29). The van der Waals surface area contributed by atoms with Gasteiger partial charge in [0.15, 0.2) is 5.65 Å². The van der Waals surface area contributed by atoms with Crippen molar-refractivity contribution in [3.05, 3.63) is 80.9 Å². The van der Waals surface area contributed by atoms with E-state index >= 15 is 0 Å². The molecule has 0 saturated heterocycles. The normalized spacial score (nSPS) is 10.9. The molecule has 2 N–H and O–H groups in total. The Morgan fingerprint density at radius 1 is 1.26 bits per heavy atom. The molecule has 0 fully saturated rings. The molecule has 0 saturated carbocycles. The van der Waals surface area contributed by atoms with Crippen LogP contribution in [0.5, 0.6) is 5.75 Å². The lowest BCUT2D eigenvalue weighted by Crippen LogP contribution is -2.26. The highest BCUT2D eigenvalue weighted by molar-refractivity contribution is 7.19. The van der Waals surface area contributed by atoms with Gasteiger partial charge >= 0.3 is 0 Å². The first-order valence-corrected chi connectivity index (χ1v) is 10.8. The Labute approximate surface area is 189 Å². The van der Waals surface area contributed by atoms with Crippen molar-refractivity contribution in [2.24, 2.45) is 7.05 Å². The molecule has 6 nitrogen and oxygen atoms in total. The number of methoxy groups -OCH3 is 1. The molecule has 2 heterocycles. The number of hydrogen-bond acceptors (Lipinski definition) is 5. The predicted molar refractivity (Wildman–Crippen MR) is 125 cm³/mol. The summed E-state index contributed by atoms with van der Waals surface area (Å²) in [5.41, 5.74) is 3.77. The minimum Gasteiger partial charge on any atom is -0.497 e. The molecule has 8 heteroatoms. The van der Waals surface area contributed by atoms with E-state index in [0.29, 0.717) is 34.9 Å². The second kappa shape index (κ2) is 8.91. The summed E-state index contributed by atoms with van der Waals surface area (Å²) in [6.45, 7) is 0.363. The molecule has 0 aliphatic carbocycles. The predicted octanol–water partition coefficient (Wildman–Crippen LogP) is 4.82. The van der Waals surface area contributed by atoms with Gasteiger partial charge in [-0.05, 0) is 35.4 Å². The zero-order chi connectivity index (χ0) is 22.0. The smallest absolute Gasteiger partial charge is 0.268 e. The number of carbonyl (C=O) groups excluding carboxylic acids is 1. The van der Waals surface area contributed by atoms with Crippen LogP contribution in [0, 0.1) is 5.41 Å². The van der Waals surface area contributed by atoms with E-state index in [2.05, 4.69) is 5.32 Å². The maximum Gasteiger partial charge on any atom is 0.268 e. The van der Waals surface area contributed by atoms with E-state index in [-0.39, 0.29) is 5.91 Å². The van der Waals surface area contributed by atoms with E-state index < -0.39 is 0 Å². The fourth-order valence-corrected chi connectivity index (χ4v) is 4.73. The number of halogens is 1. The van der Waals surface area contributed by atoms with Crippen LogP contribution < -0.4 is 10.1 Å². The van der Waals surface area contributed by atoms with E-state index in [1.165, 1.54) is 17.6 Å². The Hall–Kier alpha value is -3.16. The Morgan fingerprint density at radius 3 is 2.74 bits per heavy atom. The maximum absolute atomic E-state index is 12.9. The van der Waals surface area contributed by atoms with Crippen molar-refractivity contribution >= 4 is 45.4 Å². The van der Waals surface area contributed by atoms with Crippen LogP contribution in [0.1, 0.15) is 32.2 Å². The highest BCUT2D eigenvalue weighted by Crippen LogP contribution is 2.31. The van der Waals surface area contributed by atoms with Crippen LogP contribution in [0.15, 0.2) is 48.5 Å². The van der Waals surface area contributed by atoms with Crippen molar-refractivity contribution in [3.63, 3.8) is 0 Å². The molecule has 0 radical (unpaired) electrons. The van der Waals surface area contributed by atoms with Crippen LogP contribution in [0.4, 0.5) is 0 Å². The fraction of sp³-hybridized carbons (Fsp3) is 0.174. The number of nitrogens with one attached hydrogen (secondary N) is 2. The van der Waals surface area contributed by atoms with Gasteiger partial charge in [-0.2, -0.15) is 0 Å². The minimum absolute atomic E-state index is 0.242. The molecule has 0 aliphatic rings. The molecule has 158 valence electrons. The molecule has 2 aromatic heterocycles. The van der Waals surface area contributed by atoms with Crippen LogP contribution in [-0.4, -0.2) is 28.8 Å². The molecule has 31 heavy (non-hydrogen) atoms. The first kappa shape index (κ1) is 21.1. The molecule has 0 atom stereocenters. The summed E-state index contributed by atoms with van der Waals surface area (Å²) in [6.07, 6.45) is 1.90. The van der Waals surface area contributed by atoms with Gasteiger partial charge in [0.1, 0.15) is 16.5 Å². The van der Waals surface area contributed by atoms with Gasteiger partial charge in [0, 0.05) is 36.8 Å². The maximum atomic E-state index is 12.9. The van der Waals surface area contributed by atoms with E-state index in [0.717, 1.165) is 26.6 Å². The Morgan fingerprint density at radius 2 is 2.03 bits per heavy atom. The number of hydrogen-bond donors (Lipinski definition) is 2. The number of thiazole rings is 1. The summed E-state index contributed by atoms with van der Waals surface area (Å²) in [6, 6.07) is 15.2. The number of benzene rings is 2. The summed E-state index contributed by atoms with van der Waals surface area (Å²) in [4.78, 5) is 17.7. The SMILES string of the molecule is COc1cccc(CNC(=O)c2c(C=N)c3sc(Cc4ccc(Cl)cc4)nc3n2C)c1. The van der Waals surface area contributed by atoms with Gasteiger partial charge in [-0.15, -0.1) is 11.3 Å². The Kier molecular flexibility index (Phi) is 6.06. The fourth-order valence-electron chi connectivity index (χ4n) is 3.46. The lowest BCUT2D eigenvalue weighted by atomic mass is 10.2. The van der Waals surface area contributed by atoms with E-state index in [1.54, 1.807) is 11.7 Å². The second-order valence-electron chi connectivity index (χ2n) is 7.06. The molecule has 2 aromatic carbocycles. The van der Waals surface area contributed by atoms with Gasteiger partial charge in [0.25, 0.3) is 5.91 Å². The summed E-state index contributed by atoms with van der Waals surface area (Å²) < 4.78 is 7.83. The molecule has 0 unspecified atom stereocenters.